The van der Waals surface area contributed by atoms with Gasteiger partial charge < -0.3 is 14.5 Å². The molecule has 156 valence electrons. The Kier molecular flexibility index (Phi) is 7.31. The molecule has 0 saturated heterocycles. The van der Waals surface area contributed by atoms with Gasteiger partial charge in [-0.05, 0) is 31.2 Å². The van der Waals surface area contributed by atoms with Gasteiger partial charge in [0.25, 0.3) is 5.91 Å². The summed E-state index contributed by atoms with van der Waals surface area (Å²) in [6.45, 7) is 1.50. The van der Waals surface area contributed by atoms with E-state index in [0.29, 0.717) is 11.8 Å². The molecule has 0 atom stereocenters. The number of ether oxygens (including phenoxy) is 1. The zero-order chi connectivity index (χ0) is 21.7. The number of anilines is 1. The number of hydrogen-bond acceptors (Lipinski definition) is 6. The van der Waals surface area contributed by atoms with Crippen molar-refractivity contribution in [1.82, 2.24) is 10.2 Å². The molecule has 3 aromatic rings. The average molecular weight is 469 g/mol. The third-order valence-corrected chi connectivity index (χ3v) is 4.99. The third-order valence-electron chi connectivity index (χ3n) is 3.96. The largest absolute Gasteiger partial charge is 0.456 e. The van der Waals surface area contributed by atoms with Gasteiger partial charge in [0, 0.05) is 12.0 Å². The summed E-state index contributed by atoms with van der Waals surface area (Å²) in [5.74, 6) is -0.477. The molecule has 0 aliphatic heterocycles. The molecule has 0 unspecified atom stereocenters. The Morgan fingerprint density at radius 1 is 1.03 bits per heavy atom. The summed E-state index contributed by atoms with van der Waals surface area (Å²) in [6.07, 6.45) is 0.175. The van der Waals surface area contributed by atoms with E-state index in [0.717, 1.165) is 11.1 Å². The molecular weight excluding hydrogens is 453 g/mol. The van der Waals surface area contributed by atoms with E-state index in [9.17, 15) is 9.59 Å². The smallest absolute Gasteiger partial charge is 0.306 e. The maximum atomic E-state index is 12.0. The van der Waals surface area contributed by atoms with Crippen LogP contribution in [0.5, 0.6) is 0 Å². The second kappa shape index (κ2) is 9.93. The van der Waals surface area contributed by atoms with Crippen LogP contribution in [-0.2, 0) is 20.7 Å². The highest BCUT2D eigenvalue weighted by Gasteiger charge is 2.14. The topological polar surface area (TPSA) is 94.3 Å². The highest BCUT2D eigenvalue weighted by Crippen LogP contribution is 2.32. The van der Waals surface area contributed by atoms with Gasteiger partial charge in [0.1, 0.15) is 0 Å². The maximum Gasteiger partial charge on any atom is 0.306 e. The SMILES string of the molecule is Cc1ccc(-c2nnc(CCC(=O)OCC(=O)Nc3cc(Cl)c(Cl)cc3Cl)o2)cc1. The lowest BCUT2D eigenvalue weighted by Crippen LogP contribution is -2.21. The summed E-state index contributed by atoms with van der Waals surface area (Å²) < 4.78 is 10.5. The van der Waals surface area contributed by atoms with Crippen molar-refractivity contribution in [3.8, 4) is 11.5 Å². The molecule has 2 aromatic carbocycles. The van der Waals surface area contributed by atoms with Crippen LogP contribution in [0.25, 0.3) is 11.5 Å². The van der Waals surface area contributed by atoms with E-state index in [2.05, 4.69) is 15.5 Å². The summed E-state index contributed by atoms with van der Waals surface area (Å²) in [4.78, 5) is 23.9. The van der Waals surface area contributed by atoms with Gasteiger partial charge >= 0.3 is 5.97 Å². The van der Waals surface area contributed by atoms with Crippen molar-refractivity contribution in [2.45, 2.75) is 19.8 Å². The molecule has 1 aromatic heterocycles. The first-order valence-corrected chi connectivity index (χ1v) is 9.94. The van der Waals surface area contributed by atoms with E-state index >= 15 is 0 Å². The van der Waals surface area contributed by atoms with E-state index in [4.69, 9.17) is 44.0 Å². The molecule has 0 fully saturated rings. The monoisotopic (exact) mass is 467 g/mol. The summed E-state index contributed by atoms with van der Waals surface area (Å²) in [6, 6.07) is 10.4. The molecule has 0 spiro atoms. The van der Waals surface area contributed by atoms with Crippen LogP contribution in [0, 0.1) is 6.92 Å². The molecule has 0 aliphatic carbocycles. The normalized spacial score (nSPS) is 10.7. The van der Waals surface area contributed by atoms with E-state index < -0.39 is 18.5 Å². The predicted octanol–water partition coefficient (Wildman–Crippen LogP) is 5.12. The zero-order valence-corrected chi connectivity index (χ0v) is 18.0. The van der Waals surface area contributed by atoms with Gasteiger partial charge in [-0.15, -0.1) is 10.2 Å². The van der Waals surface area contributed by atoms with Crippen LogP contribution in [0.3, 0.4) is 0 Å². The van der Waals surface area contributed by atoms with Crippen molar-refractivity contribution < 1.29 is 18.7 Å². The highest BCUT2D eigenvalue weighted by atomic mass is 35.5. The molecular formula is C20H16Cl3N3O4. The van der Waals surface area contributed by atoms with Gasteiger partial charge in [-0.25, -0.2) is 0 Å². The van der Waals surface area contributed by atoms with Crippen LogP contribution in [0.15, 0.2) is 40.8 Å². The van der Waals surface area contributed by atoms with Gasteiger partial charge in [-0.2, -0.15) is 0 Å². The quantitative estimate of drug-likeness (QED) is 0.382. The molecule has 1 N–H and O–H groups in total. The maximum absolute atomic E-state index is 12.0. The molecule has 0 saturated carbocycles. The first-order valence-electron chi connectivity index (χ1n) is 8.81. The number of carbonyl (C=O) groups excluding carboxylic acids is 2. The van der Waals surface area contributed by atoms with Crippen molar-refractivity contribution in [3.63, 3.8) is 0 Å². The van der Waals surface area contributed by atoms with Crippen molar-refractivity contribution in [2.24, 2.45) is 0 Å². The number of hydrogen-bond donors (Lipinski definition) is 1. The summed E-state index contributed by atoms with van der Waals surface area (Å²) in [7, 11) is 0. The second-order valence-electron chi connectivity index (χ2n) is 6.32. The van der Waals surface area contributed by atoms with Crippen LogP contribution < -0.4 is 5.32 Å². The Hall–Kier alpha value is -2.61. The lowest BCUT2D eigenvalue weighted by Gasteiger charge is -2.09. The number of amides is 1. The van der Waals surface area contributed by atoms with E-state index in [-0.39, 0.29) is 33.6 Å². The zero-order valence-electron chi connectivity index (χ0n) is 15.7. The number of rotatable bonds is 7. The minimum Gasteiger partial charge on any atom is -0.456 e. The highest BCUT2D eigenvalue weighted by molar-refractivity contribution is 6.44. The molecule has 30 heavy (non-hydrogen) atoms. The Morgan fingerprint density at radius 3 is 2.47 bits per heavy atom. The fourth-order valence-corrected chi connectivity index (χ4v) is 2.99. The molecule has 1 heterocycles. The minimum absolute atomic E-state index is 0.0175. The van der Waals surface area contributed by atoms with E-state index in [1.807, 2.05) is 31.2 Å². The number of halogens is 3. The van der Waals surface area contributed by atoms with Crippen molar-refractivity contribution >= 4 is 52.4 Å². The Balaban J connectivity index is 1.45. The van der Waals surface area contributed by atoms with Crippen LogP contribution >= 0.6 is 34.8 Å². The molecule has 7 nitrogen and oxygen atoms in total. The van der Waals surface area contributed by atoms with Gasteiger partial charge in [-0.3, -0.25) is 9.59 Å². The second-order valence-corrected chi connectivity index (χ2v) is 7.54. The van der Waals surface area contributed by atoms with Crippen LogP contribution in [0.2, 0.25) is 15.1 Å². The Bertz CT molecular complexity index is 1070. The number of benzene rings is 2. The fourth-order valence-electron chi connectivity index (χ4n) is 2.40. The van der Waals surface area contributed by atoms with Gasteiger partial charge in [0.05, 0.1) is 27.2 Å². The lowest BCUT2D eigenvalue weighted by atomic mass is 10.1. The first kappa shape index (κ1) is 22.1. The molecule has 10 heteroatoms. The number of nitrogens with one attached hydrogen (secondary N) is 1. The molecule has 3 rings (SSSR count). The summed E-state index contributed by atoms with van der Waals surface area (Å²) >= 11 is 17.7. The van der Waals surface area contributed by atoms with Crippen molar-refractivity contribution in [2.75, 3.05) is 11.9 Å². The van der Waals surface area contributed by atoms with E-state index in [1.165, 1.54) is 12.1 Å². The van der Waals surface area contributed by atoms with Crippen molar-refractivity contribution in [1.29, 1.82) is 0 Å². The van der Waals surface area contributed by atoms with Crippen molar-refractivity contribution in [3.05, 3.63) is 62.9 Å². The number of aryl methyl sites for hydroxylation is 2. The standard InChI is InChI=1S/C20H16Cl3N3O4/c1-11-2-4-12(5-3-11)20-26-25-18(30-20)6-7-19(28)29-10-17(27)24-16-9-14(22)13(21)8-15(16)23/h2-5,8-9H,6-7,10H2,1H3,(H,24,27). The van der Waals surface area contributed by atoms with Gasteiger partial charge in [0.15, 0.2) is 6.61 Å². The van der Waals surface area contributed by atoms with Crippen LogP contribution in [0.1, 0.15) is 17.9 Å². The average Bonchev–Trinajstić information content (AvgIpc) is 3.18. The minimum atomic E-state index is -0.583. The third kappa shape index (κ3) is 5.95. The summed E-state index contributed by atoms with van der Waals surface area (Å²) in [5, 5.41) is 11.1. The predicted molar refractivity (Wildman–Crippen MR) is 114 cm³/mol. The molecule has 0 aliphatic rings. The van der Waals surface area contributed by atoms with Crippen LogP contribution in [0.4, 0.5) is 5.69 Å². The molecule has 0 bridgehead atoms. The van der Waals surface area contributed by atoms with E-state index in [1.54, 1.807) is 0 Å². The fraction of sp³-hybridized carbons (Fsp3) is 0.200. The molecule has 1 amide bonds. The lowest BCUT2D eigenvalue weighted by molar-refractivity contribution is -0.147. The summed E-state index contributed by atoms with van der Waals surface area (Å²) in [5.41, 5.74) is 2.17. The Labute approximate surface area is 187 Å². The van der Waals surface area contributed by atoms with Crippen LogP contribution in [-0.4, -0.2) is 28.7 Å². The first-order chi connectivity index (χ1) is 14.3. The number of carbonyl (C=O) groups is 2. The van der Waals surface area contributed by atoms with Gasteiger partial charge in [0.2, 0.25) is 11.8 Å². The van der Waals surface area contributed by atoms with Gasteiger partial charge in [-0.1, -0.05) is 52.5 Å². The Morgan fingerprint density at radius 2 is 1.73 bits per heavy atom. The number of esters is 1. The number of nitrogens with zero attached hydrogens (tertiary/aromatic N) is 2. The molecule has 0 radical (unpaired) electrons. The number of aromatic nitrogens is 2.